The average Bonchev–Trinajstić information content (AvgIpc) is 2.53. The van der Waals surface area contributed by atoms with Crippen LogP contribution in [0.3, 0.4) is 0 Å². The van der Waals surface area contributed by atoms with Gasteiger partial charge in [0.05, 0.1) is 16.6 Å². The first-order chi connectivity index (χ1) is 11.4. The molecule has 0 radical (unpaired) electrons. The molecule has 0 aliphatic heterocycles. The Labute approximate surface area is 139 Å². The molecule has 0 saturated heterocycles. The SMILES string of the molecule is CN(C)Cc1ccccc1CNC(=O)c1ccc([N+](=O)[O-])cc1F. The molecule has 126 valence electrons. The van der Waals surface area contributed by atoms with Crippen molar-refractivity contribution in [2.75, 3.05) is 14.1 Å². The molecule has 0 atom stereocenters. The van der Waals surface area contributed by atoms with Gasteiger partial charge in [-0.05, 0) is 31.3 Å². The second kappa shape index (κ2) is 7.65. The van der Waals surface area contributed by atoms with Crippen LogP contribution in [0.2, 0.25) is 0 Å². The number of nitrogens with zero attached hydrogens (tertiary/aromatic N) is 2. The number of nitro groups is 1. The van der Waals surface area contributed by atoms with Crippen molar-refractivity contribution >= 4 is 11.6 Å². The van der Waals surface area contributed by atoms with Gasteiger partial charge in [-0.3, -0.25) is 14.9 Å². The number of amides is 1. The monoisotopic (exact) mass is 331 g/mol. The topological polar surface area (TPSA) is 75.5 Å². The summed E-state index contributed by atoms with van der Waals surface area (Å²) in [6.07, 6.45) is 0. The van der Waals surface area contributed by atoms with E-state index in [1.807, 2.05) is 43.3 Å². The Hall–Kier alpha value is -2.80. The minimum atomic E-state index is -0.914. The zero-order chi connectivity index (χ0) is 17.7. The molecule has 0 fully saturated rings. The molecule has 1 amide bonds. The van der Waals surface area contributed by atoms with Crippen LogP contribution in [0.1, 0.15) is 21.5 Å². The van der Waals surface area contributed by atoms with Gasteiger partial charge in [0.1, 0.15) is 5.82 Å². The third kappa shape index (κ3) is 4.36. The predicted octanol–water partition coefficient (Wildman–Crippen LogP) is 2.73. The van der Waals surface area contributed by atoms with E-state index in [4.69, 9.17) is 0 Å². The van der Waals surface area contributed by atoms with Crippen molar-refractivity contribution in [2.45, 2.75) is 13.1 Å². The number of hydrogen-bond donors (Lipinski definition) is 1. The fourth-order valence-corrected chi connectivity index (χ4v) is 2.30. The van der Waals surface area contributed by atoms with E-state index in [9.17, 15) is 19.3 Å². The largest absolute Gasteiger partial charge is 0.348 e. The molecule has 0 bridgehead atoms. The van der Waals surface area contributed by atoms with Gasteiger partial charge in [-0.1, -0.05) is 24.3 Å². The van der Waals surface area contributed by atoms with Gasteiger partial charge in [0.25, 0.3) is 11.6 Å². The molecule has 24 heavy (non-hydrogen) atoms. The van der Waals surface area contributed by atoms with Gasteiger partial charge in [-0.15, -0.1) is 0 Å². The summed E-state index contributed by atoms with van der Waals surface area (Å²) in [5.74, 6) is -1.52. The summed E-state index contributed by atoms with van der Waals surface area (Å²) in [7, 11) is 3.89. The van der Waals surface area contributed by atoms with Crippen molar-refractivity contribution in [3.63, 3.8) is 0 Å². The Kier molecular flexibility index (Phi) is 5.59. The number of rotatable bonds is 6. The van der Waals surface area contributed by atoms with Crippen molar-refractivity contribution in [3.8, 4) is 0 Å². The number of nitro benzene ring substituents is 1. The second-order valence-electron chi connectivity index (χ2n) is 5.61. The summed E-state index contributed by atoms with van der Waals surface area (Å²) in [5, 5.41) is 13.3. The Morgan fingerprint density at radius 3 is 2.46 bits per heavy atom. The molecule has 1 N–H and O–H groups in total. The van der Waals surface area contributed by atoms with Crippen molar-refractivity contribution in [1.29, 1.82) is 0 Å². The Balaban J connectivity index is 2.10. The number of carbonyl (C=O) groups excluding carboxylic acids is 1. The standard InChI is InChI=1S/C17H18FN3O3/c1-20(2)11-13-6-4-3-5-12(13)10-19-17(22)15-8-7-14(21(23)24)9-16(15)18/h3-9H,10-11H2,1-2H3,(H,19,22). The molecule has 7 heteroatoms. The number of non-ortho nitro benzene ring substituents is 1. The minimum Gasteiger partial charge on any atom is -0.348 e. The van der Waals surface area contributed by atoms with Crippen LogP contribution in [-0.4, -0.2) is 29.8 Å². The van der Waals surface area contributed by atoms with Gasteiger partial charge in [-0.25, -0.2) is 4.39 Å². The third-order valence-electron chi connectivity index (χ3n) is 3.45. The normalized spacial score (nSPS) is 10.7. The highest BCUT2D eigenvalue weighted by Crippen LogP contribution is 2.17. The van der Waals surface area contributed by atoms with Gasteiger partial charge < -0.3 is 10.2 Å². The summed E-state index contributed by atoms with van der Waals surface area (Å²) in [4.78, 5) is 24.0. The summed E-state index contributed by atoms with van der Waals surface area (Å²) in [6, 6.07) is 10.6. The maximum Gasteiger partial charge on any atom is 0.272 e. The molecule has 0 spiro atoms. The van der Waals surface area contributed by atoms with Gasteiger partial charge in [0, 0.05) is 19.2 Å². The molecule has 0 aliphatic rings. The lowest BCUT2D eigenvalue weighted by Gasteiger charge is -2.14. The van der Waals surface area contributed by atoms with E-state index >= 15 is 0 Å². The lowest BCUT2D eigenvalue weighted by molar-refractivity contribution is -0.385. The maximum absolute atomic E-state index is 13.9. The lowest BCUT2D eigenvalue weighted by atomic mass is 10.1. The Morgan fingerprint density at radius 2 is 1.88 bits per heavy atom. The van der Waals surface area contributed by atoms with Crippen LogP contribution in [0.25, 0.3) is 0 Å². The summed E-state index contributed by atoms with van der Waals surface area (Å²) in [5.41, 5.74) is 1.39. The molecule has 0 aliphatic carbocycles. The molecule has 0 aromatic heterocycles. The smallest absolute Gasteiger partial charge is 0.272 e. The number of benzene rings is 2. The van der Waals surface area contributed by atoms with E-state index in [0.29, 0.717) is 0 Å². The zero-order valence-electron chi connectivity index (χ0n) is 13.5. The molecule has 2 rings (SSSR count). The van der Waals surface area contributed by atoms with Crippen LogP contribution in [-0.2, 0) is 13.1 Å². The third-order valence-corrected chi connectivity index (χ3v) is 3.45. The van der Waals surface area contributed by atoms with Gasteiger partial charge in [0.15, 0.2) is 0 Å². The summed E-state index contributed by atoms with van der Waals surface area (Å²) < 4.78 is 13.9. The minimum absolute atomic E-state index is 0.217. The summed E-state index contributed by atoms with van der Waals surface area (Å²) >= 11 is 0. The van der Waals surface area contributed by atoms with Gasteiger partial charge >= 0.3 is 0 Å². The quantitative estimate of drug-likeness (QED) is 0.652. The van der Waals surface area contributed by atoms with E-state index in [-0.39, 0.29) is 17.8 Å². The van der Waals surface area contributed by atoms with E-state index in [0.717, 1.165) is 35.9 Å². The van der Waals surface area contributed by atoms with Crippen molar-refractivity contribution in [1.82, 2.24) is 10.2 Å². The zero-order valence-corrected chi connectivity index (χ0v) is 13.5. The van der Waals surface area contributed by atoms with Crippen molar-refractivity contribution in [3.05, 3.63) is 75.1 Å². The molecular formula is C17H18FN3O3. The maximum atomic E-state index is 13.9. The molecule has 0 unspecified atom stereocenters. The van der Waals surface area contributed by atoms with Crippen molar-refractivity contribution in [2.24, 2.45) is 0 Å². The molecule has 0 saturated carbocycles. The van der Waals surface area contributed by atoms with Crippen LogP contribution < -0.4 is 5.32 Å². The highest BCUT2D eigenvalue weighted by atomic mass is 19.1. The average molecular weight is 331 g/mol. The highest BCUT2D eigenvalue weighted by molar-refractivity contribution is 5.94. The fourth-order valence-electron chi connectivity index (χ4n) is 2.30. The second-order valence-corrected chi connectivity index (χ2v) is 5.61. The van der Waals surface area contributed by atoms with Crippen LogP contribution in [0.5, 0.6) is 0 Å². The number of hydrogen-bond acceptors (Lipinski definition) is 4. The fraction of sp³-hybridized carbons (Fsp3) is 0.235. The van der Waals surface area contributed by atoms with E-state index in [1.165, 1.54) is 0 Å². The highest BCUT2D eigenvalue weighted by Gasteiger charge is 2.16. The molecular weight excluding hydrogens is 313 g/mol. The lowest BCUT2D eigenvalue weighted by Crippen LogP contribution is -2.25. The van der Waals surface area contributed by atoms with E-state index < -0.39 is 16.6 Å². The Bertz CT molecular complexity index is 762. The molecule has 6 nitrogen and oxygen atoms in total. The molecule has 2 aromatic carbocycles. The van der Waals surface area contributed by atoms with Crippen LogP contribution in [0, 0.1) is 15.9 Å². The van der Waals surface area contributed by atoms with Crippen molar-refractivity contribution < 1.29 is 14.1 Å². The van der Waals surface area contributed by atoms with Crippen LogP contribution >= 0.6 is 0 Å². The first kappa shape index (κ1) is 17.6. The van der Waals surface area contributed by atoms with Gasteiger partial charge in [0.2, 0.25) is 0 Å². The Morgan fingerprint density at radius 1 is 1.21 bits per heavy atom. The van der Waals surface area contributed by atoms with Crippen LogP contribution in [0.15, 0.2) is 42.5 Å². The molecule has 0 heterocycles. The van der Waals surface area contributed by atoms with E-state index in [1.54, 1.807) is 0 Å². The predicted molar refractivity (Wildman–Crippen MR) is 88.1 cm³/mol. The van der Waals surface area contributed by atoms with Crippen LogP contribution in [0.4, 0.5) is 10.1 Å². The number of carbonyl (C=O) groups is 1. The molecule has 2 aromatic rings. The first-order valence-electron chi connectivity index (χ1n) is 7.32. The summed E-state index contributed by atoms with van der Waals surface area (Å²) in [6.45, 7) is 0.969. The van der Waals surface area contributed by atoms with Gasteiger partial charge in [-0.2, -0.15) is 0 Å². The van der Waals surface area contributed by atoms with E-state index in [2.05, 4.69) is 5.32 Å². The number of nitrogens with one attached hydrogen (secondary N) is 1. The first-order valence-corrected chi connectivity index (χ1v) is 7.32. The number of halogens is 1.